The zero-order valence-electron chi connectivity index (χ0n) is 16.3. The summed E-state index contributed by atoms with van der Waals surface area (Å²) in [6.07, 6.45) is 1.76. The van der Waals surface area contributed by atoms with Crippen molar-refractivity contribution in [1.82, 2.24) is 9.88 Å². The van der Waals surface area contributed by atoms with Crippen LogP contribution >= 0.6 is 11.6 Å². The van der Waals surface area contributed by atoms with Crippen molar-refractivity contribution in [3.63, 3.8) is 0 Å². The Morgan fingerprint density at radius 1 is 1.00 bits per heavy atom. The van der Waals surface area contributed by atoms with E-state index >= 15 is 0 Å². The van der Waals surface area contributed by atoms with Crippen molar-refractivity contribution >= 4 is 29.1 Å². The molecule has 150 valence electrons. The predicted octanol–water partition coefficient (Wildman–Crippen LogP) is 4.63. The molecule has 7 heteroatoms. The number of nitrogens with one attached hydrogen (secondary N) is 1. The molecule has 0 aliphatic carbocycles. The van der Waals surface area contributed by atoms with Gasteiger partial charge in [-0.15, -0.1) is 0 Å². The molecule has 0 saturated carbocycles. The minimum atomic E-state index is -0.175. The summed E-state index contributed by atoms with van der Waals surface area (Å²) in [5, 5.41) is 12.8. The summed E-state index contributed by atoms with van der Waals surface area (Å²) in [6.45, 7) is 2.40. The number of carbonyl (C=O) groups excluding carboxylic acids is 1. The van der Waals surface area contributed by atoms with Gasteiger partial charge in [0.25, 0.3) is 0 Å². The van der Waals surface area contributed by atoms with Gasteiger partial charge >= 0.3 is 6.03 Å². The van der Waals surface area contributed by atoms with Gasteiger partial charge in [0.15, 0.2) is 0 Å². The molecular formula is C23H20ClN5O. The van der Waals surface area contributed by atoms with Crippen molar-refractivity contribution in [1.29, 1.82) is 5.26 Å². The molecule has 2 heterocycles. The number of anilines is 2. The third-order valence-electron chi connectivity index (χ3n) is 5.09. The SMILES string of the molecule is N#Cc1cc(Cl)ccc1N1CCN(C(=O)Nc2ccc(-c3ccccc3)cn2)CC1. The lowest BCUT2D eigenvalue weighted by molar-refractivity contribution is 0.208. The molecule has 2 amide bonds. The first-order valence-electron chi connectivity index (χ1n) is 9.66. The first-order valence-corrected chi connectivity index (χ1v) is 10.0. The summed E-state index contributed by atoms with van der Waals surface area (Å²) < 4.78 is 0. The van der Waals surface area contributed by atoms with Crippen LogP contribution in [0.5, 0.6) is 0 Å². The van der Waals surface area contributed by atoms with Gasteiger partial charge in [0, 0.05) is 43.0 Å². The van der Waals surface area contributed by atoms with E-state index in [1.54, 1.807) is 23.2 Å². The molecule has 6 nitrogen and oxygen atoms in total. The highest BCUT2D eigenvalue weighted by Crippen LogP contribution is 2.25. The maximum absolute atomic E-state index is 12.6. The van der Waals surface area contributed by atoms with Crippen LogP contribution < -0.4 is 10.2 Å². The number of pyridine rings is 1. The lowest BCUT2D eigenvalue weighted by Gasteiger charge is -2.36. The maximum Gasteiger partial charge on any atom is 0.323 e. The average molecular weight is 418 g/mol. The van der Waals surface area contributed by atoms with Crippen LogP contribution in [0.1, 0.15) is 5.56 Å². The number of urea groups is 1. The van der Waals surface area contributed by atoms with E-state index in [0.29, 0.717) is 42.6 Å². The molecule has 1 fully saturated rings. The highest BCUT2D eigenvalue weighted by Gasteiger charge is 2.23. The maximum atomic E-state index is 12.6. The van der Waals surface area contributed by atoms with Gasteiger partial charge in [0.2, 0.25) is 0 Å². The largest absolute Gasteiger partial charge is 0.367 e. The Kier molecular flexibility index (Phi) is 5.82. The zero-order chi connectivity index (χ0) is 20.9. The molecule has 4 rings (SSSR count). The summed E-state index contributed by atoms with van der Waals surface area (Å²) in [5.74, 6) is 0.520. The summed E-state index contributed by atoms with van der Waals surface area (Å²) in [5.41, 5.74) is 3.47. The number of amides is 2. The van der Waals surface area contributed by atoms with Crippen LogP contribution in [0.4, 0.5) is 16.3 Å². The van der Waals surface area contributed by atoms with Crippen molar-refractivity contribution in [2.45, 2.75) is 0 Å². The quantitative estimate of drug-likeness (QED) is 0.674. The van der Waals surface area contributed by atoms with Crippen molar-refractivity contribution in [2.75, 3.05) is 36.4 Å². The fourth-order valence-electron chi connectivity index (χ4n) is 3.48. The lowest BCUT2D eigenvalue weighted by Crippen LogP contribution is -2.50. The van der Waals surface area contributed by atoms with E-state index in [-0.39, 0.29) is 6.03 Å². The number of piperazine rings is 1. The molecule has 0 spiro atoms. The van der Waals surface area contributed by atoms with Gasteiger partial charge in [0.1, 0.15) is 11.9 Å². The van der Waals surface area contributed by atoms with Gasteiger partial charge in [-0.1, -0.05) is 41.9 Å². The number of nitriles is 1. The molecule has 2 aromatic carbocycles. The van der Waals surface area contributed by atoms with Crippen molar-refractivity contribution in [2.24, 2.45) is 0 Å². The molecular weight excluding hydrogens is 398 g/mol. The fraction of sp³-hybridized carbons (Fsp3) is 0.174. The standard InChI is InChI=1S/C23H20ClN5O/c24-20-7-8-21(19(14-20)15-25)28-10-12-29(13-11-28)23(30)27-22-9-6-18(16-26-22)17-4-2-1-3-5-17/h1-9,14,16H,10-13H2,(H,26,27,30). The number of carbonyl (C=O) groups is 1. The van der Waals surface area contributed by atoms with E-state index in [4.69, 9.17) is 11.6 Å². The number of rotatable bonds is 3. The van der Waals surface area contributed by atoms with Crippen LogP contribution in [0.3, 0.4) is 0 Å². The molecule has 0 unspecified atom stereocenters. The van der Waals surface area contributed by atoms with Crippen LogP contribution in [-0.4, -0.2) is 42.1 Å². The van der Waals surface area contributed by atoms with E-state index in [9.17, 15) is 10.1 Å². The fourth-order valence-corrected chi connectivity index (χ4v) is 3.65. The summed E-state index contributed by atoms with van der Waals surface area (Å²) >= 11 is 5.98. The van der Waals surface area contributed by atoms with Crippen LogP contribution in [-0.2, 0) is 0 Å². The predicted molar refractivity (Wildman–Crippen MR) is 119 cm³/mol. The van der Waals surface area contributed by atoms with Crippen molar-refractivity contribution in [3.8, 4) is 17.2 Å². The second-order valence-electron chi connectivity index (χ2n) is 6.98. The minimum absolute atomic E-state index is 0.175. The Balaban J connectivity index is 1.35. The van der Waals surface area contributed by atoms with Gasteiger partial charge in [-0.05, 0) is 35.9 Å². The average Bonchev–Trinajstić information content (AvgIpc) is 2.80. The Bertz CT molecular complexity index is 1070. The van der Waals surface area contributed by atoms with Crippen LogP contribution in [0.25, 0.3) is 11.1 Å². The smallest absolute Gasteiger partial charge is 0.323 e. The second-order valence-corrected chi connectivity index (χ2v) is 7.41. The third kappa shape index (κ3) is 4.37. The first-order chi connectivity index (χ1) is 14.6. The summed E-state index contributed by atoms with van der Waals surface area (Å²) in [7, 11) is 0. The Morgan fingerprint density at radius 2 is 1.77 bits per heavy atom. The highest BCUT2D eigenvalue weighted by atomic mass is 35.5. The molecule has 3 aromatic rings. The molecule has 0 atom stereocenters. The number of aromatic nitrogens is 1. The molecule has 0 bridgehead atoms. The van der Waals surface area contributed by atoms with E-state index in [0.717, 1.165) is 16.8 Å². The molecule has 1 aliphatic heterocycles. The lowest BCUT2D eigenvalue weighted by atomic mass is 10.1. The normalized spacial score (nSPS) is 13.6. The van der Waals surface area contributed by atoms with E-state index in [1.807, 2.05) is 48.5 Å². The van der Waals surface area contributed by atoms with Crippen LogP contribution in [0, 0.1) is 11.3 Å². The number of nitrogens with zero attached hydrogens (tertiary/aromatic N) is 4. The van der Waals surface area contributed by atoms with Gasteiger partial charge in [-0.3, -0.25) is 5.32 Å². The summed E-state index contributed by atoms with van der Waals surface area (Å²) in [4.78, 5) is 20.8. The molecule has 30 heavy (non-hydrogen) atoms. The Morgan fingerprint density at radius 3 is 2.43 bits per heavy atom. The number of hydrogen-bond donors (Lipinski definition) is 1. The van der Waals surface area contributed by atoms with E-state index in [2.05, 4.69) is 21.3 Å². The number of halogens is 1. The second kappa shape index (κ2) is 8.85. The first kappa shape index (κ1) is 19.7. The van der Waals surface area contributed by atoms with Crippen LogP contribution in [0.2, 0.25) is 5.02 Å². The van der Waals surface area contributed by atoms with Gasteiger partial charge in [0.05, 0.1) is 11.3 Å². The molecule has 1 aliphatic rings. The monoisotopic (exact) mass is 417 g/mol. The van der Waals surface area contributed by atoms with Gasteiger partial charge in [-0.2, -0.15) is 5.26 Å². The van der Waals surface area contributed by atoms with E-state index < -0.39 is 0 Å². The van der Waals surface area contributed by atoms with Crippen LogP contribution in [0.15, 0.2) is 66.9 Å². The highest BCUT2D eigenvalue weighted by molar-refractivity contribution is 6.30. The molecule has 1 aromatic heterocycles. The summed E-state index contributed by atoms with van der Waals surface area (Å²) in [6, 6.07) is 21.0. The van der Waals surface area contributed by atoms with Gasteiger partial charge < -0.3 is 9.80 Å². The van der Waals surface area contributed by atoms with Gasteiger partial charge in [-0.25, -0.2) is 9.78 Å². The van der Waals surface area contributed by atoms with E-state index in [1.165, 1.54) is 0 Å². The minimum Gasteiger partial charge on any atom is -0.367 e. The Hall–Kier alpha value is -3.56. The topological polar surface area (TPSA) is 72.3 Å². The Labute approximate surface area is 180 Å². The third-order valence-corrected chi connectivity index (χ3v) is 5.33. The van der Waals surface area contributed by atoms with Crippen molar-refractivity contribution in [3.05, 3.63) is 77.4 Å². The zero-order valence-corrected chi connectivity index (χ0v) is 17.0. The molecule has 1 N–H and O–H groups in total. The number of benzene rings is 2. The molecule has 1 saturated heterocycles. The molecule has 0 radical (unpaired) electrons. The number of hydrogen-bond acceptors (Lipinski definition) is 4. The van der Waals surface area contributed by atoms with Crippen molar-refractivity contribution < 1.29 is 4.79 Å².